The van der Waals surface area contributed by atoms with Crippen LogP contribution in [-0.4, -0.2) is 50.0 Å². The van der Waals surface area contributed by atoms with Crippen molar-refractivity contribution >= 4 is 62.3 Å². The van der Waals surface area contributed by atoms with Crippen molar-refractivity contribution in [3.05, 3.63) is 63.1 Å². The maximum Gasteiger partial charge on any atom is 0.244 e. The molecule has 0 saturated heterocycles. The molecule has 11 heteroatoms. The topological polar surface area (TPSA) is 86.8 Å². The molecule has 0 aliphatic heterocycles. The van der Waals surface area contributed by atoms with E-state index in [1.165, 1.54) is 23.1 Å². The molecular formula is C23H28Cl3N3O4S. The molecule has 0 radical (unpaired) electrons. The summed E-state index contributed by atoms with van der Waals surface area (Å²) in [6.07, 6.45) is 1.70. The van der Waals surface area contributed by atoms with E-state index in [0.29, 0.717) is 15.6 Å². The Morgan fingerprint density at radius 1 is 1.03 bits per heavy atom. The van der Waals surface area contributed by atoms with Gasteiger partial charge >= 0.3 is 0 Å². The molecule has 0 bridgehead atoms. The van der Waals surface area contributed by atoms with Crippen LogP contribution in [0.2, 0.25) is 15.1 Å². The first kappa shape index (κ1) is 28.2. The number of anilines is 1. The van der Waals surface area contributed by atoms with E-state index >= 15 is 0 Å². The number of benzene rings is 2. The molecule has 0 fully saturated rings. The van der Waals surface area contributed by atoms with Crippen LogP contribution in [0.5, 0.6) is 0 Å². The molecular weight excluding hydrogens is 521 g/mol. The van der Waals surface area contributed by atoms with Gasteiger partial charge in [0, 0.05) is 22.6 Å². The van der Waals surface area contributed by atoms with Crippen LogP contribution in [0.3, 0.4) is 0 Å². The van der Waals surface area contributed by atoms with Gasteiger partial charge in [-0.05, 0) is 56.2 Å². The lowest BCUT2D eigenvalue weighted by atomic mass is 10.1. The summed E-state index contributed by atoms with van der Waals surface area (Å²) in [6.45, 7) is 4.90. The number of halogens is 3. The number of rotatable bonds is 10. The molecule has 2 aromatic rings. The fourth-order valence-electron chi connectivity index (χ4n) is 3.16. The van der Waals surface area contributed by atoms with E-state index < -0.39 is 28.5 Å². The maximum atomic E-state index is 13.5. The van der Waals surface area contributed by atoms with Gasteiger partial charge in [0.15, 0.2) is 0 Å². The van der Waals surface area contributed by atoms with Gasteiger partial charge in [-0.2, -0.15) is 0 Å². The van der Waals surface area contributed by atoms with Crippen LogP contribution in [-0.2, 0) is 26.2 Å². The van der Waals surface area contributed by atoms with Gasteiger partial charge in [-0.3, -0.25) is 13.9 Å². The van der Waals surface area contributed by atoms with Gasteiger partial charge in [-0.25, -0.2) is 8.42 Å². The van der Waals surface area contributed by atoms with Crippen LogP contribution < -0.4 is 9.62 Å². The number of carbonyl (C=O) groups excluding carboxylic acids is 2. The Morgan fingerprint density at radius 2 is 1.68 bits per heavy atom. The predicted octanol–water partition coefficient (Wildman–Crippen LogP) is 4.74. The SMILES string of the molecule is CC[C@@H](C)NC(=O)[C@H](C)N(Cc1cccc(Cl)c1)C(=O)CN(c1ccc(Cl)cc1Cl)S(C)(=O)=O. The molecule has 0 aliphatic carbocycles. The molecule has 0 aromatic heterocycles. The van der Waals surface area contributed by atoms with E-state index in [9.17, 15) is 18.0 Å². The Balaban J connectivity index is 2.42. The molecule has 0 heterocycles. The average Bonchev–Trinajstić information content (AvgIpc) is 2.74. The number of hydrogen-bond acceptors (Lipinski definition) is 4. The third-order valence-electron chi connectivity index (χ3n) is 5.27. The molecule has 2 rings (SSSR count). The van der Waals surface area contributed by atoms with Crippen LogP contribution in [0.1, 0.15) is 32.8 Å². The Morgan fingerprint density at radius 3 is 2.24 bits per heavy atom. The molecule has 1 N–H and O–H groups in total. The third-order valence-corrected chi connectivity index (χ3v) is 7.17. The van der Waals surface area contributed by atoms with Crippen molar-refractivity contribution in [3.63, 3.8) is 0 Å². The van der Waals surface area contributed by atoms with Gasteiger partial charge in [-0.15, -0.1) is 0 Å². The lowest BCUT2D eigenvalue weighted by molar-refractivity contribution is -0.139. The van der Waals surface area contributed by atoms with E-state index in [1.807, 2.05) is 13.8 Å². The highest BCUT2D eigenvalue weighted by Gasteiger charge is 2.31. The number of nitrogens with one attached hydrogen (secondary N) is 1. The molecule has 0 aliphatic rings. The van der Waals surface area contributed by atoms with Crippen LogP contribution in [0.4, 0.5) is 5.69 Å². The summed E-state index contributed by atoms with van der Waals surface area (Å²) >= 11 is 18.3. The van der Waals surface area contributed by atoms with Crippen LogP contribution in [0, 0.1) is 0 Å². The number of nitrogens with zero attached hydrogens (tertiary/aromatic N) is 2. The first-order valence-electron chi connectivity index (χ1n) is 10.6. The minimum absolute atomic E-state index is 0.0560. The Bertz CT molecular complexity index is 1140. The summed E-state index contributed by atoms with van der Waals surface area (Å²) < 4.78 is 26.1. The van der Waals surface area contributed by atoms with Gasteiger partial charge in [0.25, 0.3) is 0 Å². The Kier molecular flexibility index (Phi) is 10.1. The lowest BCUT2D eigenvalue weighted by Crippen LogP contribution is -2.52. The Labute approximate surface area is 216 Å². The minimum atomic E-state index is -3.89. The predicted molar refractivity (Wildman–Crippen MR) is 138 cm³/mol. The molecule has 186 valence electrons. The number of sulfonamides is 1. The second-order valence-corrected chi connectivity index (χ2v) is 11.2. The quantitative estimate of drug-likeness (QED) is 0.464. The normalized spacial score (nSPS) is 13.1. The summed E-state index contributed by atoms with van der Waals surface area (Å²) in [4.78, 5) is 27.7. The second kappa shape index (κ2) is 12.1. The van der Waals surface area contributed by atoms with E-state index in [-0.39, 0.29) is 29.2 Å². The van der Waals surface area contributed by atoms with Crippen molar-refractivity contribution in [1.29, 1.82) is 0 Å². The monoisotopic (exact) mass is 547 g/mol. The molecule has 0 spiro atoms. The highest BCUT2D eigenvalue weighted by molar-refractivity contribution is 7.92. The largest absolute Gasteiger partial charge is 0.352 e. The molecule has 0 unspecified atom stereocenters. The summed E-state index contributed by atoms with van der Waals surface area (Å²) in [6, 6.07) is 10.2. The van der Waals surface area contributed by atoms with E-state index in [2.05, 4.69) is 5.32 Å². The van der Waals surface area contributed by atoms with Gasteiger partial charge in [0.2, 0.25) is 21.8 Å². The van der Waals surface area contributed by atoms with Crippen LogP contribution >= 0.6 is 34.8 Å². The van der Waals surface area contributed by atoms with Crippen LogP contribution in [0.15, 0.2) is 42.5 Å². The van der Waals surface area contributed by atoms with E-state index in [1.54, 1.807) is 31.2 Å². The molecule has 2 atom stereocenters. The molecule has 34 heavy (non-hydrogen) atoms. The summed E-state index contributed by atoms with van der Waals surface area (Å²) in [5, 5.41) is 3.75. The Hall–Kier alpha value is -2.00. The first-order chi connectivity index (χ1) is 15.8. The van der Waals surface area contributed by atoms with Crippen molar-refractivity contribution in [2.75, 3.05) is 17.1 Å². The zero-order chi connectivity index (χ0) is 25.6. The standard InChI is InChI=1S/C23H28Cl3N3O4S/c1-5-15(2)27-23(31)16(3)28(13-17-7-6-8-18(24)11-17)22(30)14-29(34(4,32)33)21-10-9-19(25)12-20(21)26/h6-12,15-16H,5,13-14H2,1-4H3,(H,27,31)/t15-,16+/m1/s1. The summed E-state index contributed by atoms with van der Waals surface area (Å²) in [5.41, 5.74) is 0.806. The minimum Gasteiger partial charge on any atom is -0.352 e. The fourth-order valence-corrected chi connectivity index (χ4v) is 4.79. The van der Waals surface area contributed by atoms with Crippen molar-refractivity contribution in [1.82, 2.24) is 10.2 Å². The van der Waals surface area contributed by atoms with Crippen LogP contribution in [0.25, 0.3) is 0 Å². The van der Waals surface area contributed by atoms with Crippen molar-refractivity contribution in [2.24, 2.45) is 0 Å². The molecule has 0 saturated carbocycles. The highest BCUT2D eigenvalue weighted by Crippen LogP contribution is 2.30. The summed E-state index contributed by atoms with van der Waals surface area (Å²) in [5.74, 6) is -0.927. The first-order valence-corrected chi connectivity index (χ1v) is 13.6. The number of amides is 2. The van der Waals surface area contributed by atoms with E-state index in [4.69, 9.17) is 34.8 Å². The van der Waals surface area contributed by atoms with Gasteiger partial charge in [0.05, 0.1) is 17.0 Å². The van der Waals surface area contributed by atoms with Crippen molar-refractivity contribution in [3.8, 4) is 0 Å². The third kappa shape index (κ3) is 7.77. The number of carbonyl (C=O) groups is 2. The van der Waals surface area contributed by atoms with Gasteiger partial charge < -0.3 is 10.2 Å². The maximum absolute atomic E-state index is 13.5. The van der Waals surface area contributed by atoms with E-state index in [0.717, 1.165) is 17.0 Å². The fraction of sp³-hybridized carbons (Fsp3) is 0.391. The van der Waals surface area contributed by atoms with Crippen molar-refractivity contribution < 1.29 is 18.0 Å². The van der Waals surface area contributed by atoms with Crippen molar-refractivity contribution in [2.45, 2.75) is 45.8 Å². The zero-order valence-corrected chi connectivity index (χ0v) is 22.5. The molecule has 2 aromatic carbocycles. The molecule has 7 nitrogen and oxygen atoms in total. The highest BCUT2D eigenvalue weighted by atomic mass is 35.5. The second-order valence-electron chi connectivity index (χ2n) is 8.01. The van der Waals surface area contributed by atoms with Gasteiger partial charge in [-0.1, -0.05) is 53.9 Å². The lowest BCUT2D eigenvalue weighted by Gasteiger charge is -2.32. The smallest absolute Gasteiger partial charge is 0.244 e. The molecule has 2 amide bonds. The number of hydrogen-bond donors (Lipinski definition) is 1. The zero-order valence-electron chi connectivity index (χ0n) is 19.4. The summed E-state index contributed by atoms with van der Waals surface area (Å²) in [7, 11) is -3.89. The average molecular weight is 549 g/mol. The van der Waals surface area contributed by atoms with Gasteiger partial charge in [0.1, 0.15) is 12.6 Å².